The van der Waals surface area contributed by atoms with E-state index in [-0.39, 0.29) is 17.1 Å². The average Bonchev–Trinajstić information content (AvgIpc) is 2.65. The van der Waals surface area contributed by atoms with E-state index >= 15 is 0 Å². The minimum absolute atomic E-state index is 0.0142. The average molecular weight is 360 g/mol. The van der Waals surface area contributed by atoms with E-state index < -0.39 is 0 Å². The Morgan fingerprint density at radius 1 is 1.08 bits per heavy atom. The van der Waals surface area contributed by atoms with Crippen LogP contribution in [0.25, 0.3) is 10.9 Å². The number of pyridine rings is 1. The SMILES string of the molecule is CCCCCCCCCCNc1ccc2c(O)c(OC)c(=O)n(C)c2c1. The van der Waals surface area contributed by atoms with Gasteiger partial charge in [-0.2, -0.15) is 0 Å². The van der Waals surface area contributed by atoms with Crippen LogP contribution in [0.15, 0.2) is 23.0 Å². The van der Waals surface area contributed by atoms with Gasteiger partial charge in [-0.3, -0.25) is 4.79 Å². The van der Waals surface area contributed by atoms with Crippen molar-refractivity contribution in [3.05, 3.63) is 28.6 Å². The molecule has 144 valence electrons. The molecular weight excluding hydrogens is 328 g/mol. The fraction of sp³-hybridized carbons (Fsp3) is 0.571. The lowest BCUT2D eigenvalue weighted by Crippen LogP contribution is -2.19. The topological polar surface area (TPSA) is 63.5 Å². The Labute approximate surface area is 156 Å². The molecule has 0 amide bonds. The van der Waals surface area contributed by atoms with Gasteiger partial charge < -0.3 is 19.7 Å². The Hall–Kier alpha value is -2.17. The Balaban J connectivity index is 1.89. The van der Waals surface area contributed by atoms with Gasteiger partial charge in [0.1, 0.15) is 0 Å². The number of ether oxygens (including phenoxy) is 1. The summed E-state index contributed by atoms with van der Waals surface area (Å²) in [6, 6.07) is 5.65. The molecule has 0 radical (unpaired) electrons. The number of methoxy groups -OCH3 is 1. The fourth-order valence-corrected chi connectivity index (χ4v) is 3.28. The number of hydrogen-bond donors (Lipinski definition) is 2. The van der Waals surface area contributed by atoms with Gasteiger partial charge in [0.05, 0.1) is 12.6 Å². The quantitative estimate of drug-likeness (QED) is 0.565. The van der Waals surface area contributed by atoms with Crippen LogP contribution in [0, 0.1) is 0 Å². The van der Waals surface area contributed by atoms with E-state index in [0.717, 1.165) is 18.7 Å². The summed E-state index contributed by atoms with van der Waals surface area (Å²) in [7, 11) is 3.08. The predicted molar refractivity (Wildman–Crippen MR) is 109 cm³/mol. The standard InChI is InChI=1S/C21H32N2O3/c1-4-5-6-7-8-9-10-11-14-22-16-12-13-17-18(15-16)23(2)21(25)20(26-3)19(17)24/h12-13,15,22,24H,4-11,14H2,1-3H3. The normalized spacial score (nSPS) is 11.0. The van der Waals surface area contributed by atoms with Crippen molar-refractivity contribution in [2.75, 3.05) is 19.0 Å². The maximum atomic E-state index is 12.2. The van der Waals surface area contributed by atoms with Crippen molar-refractivity contribution in [2.45, 2.75) is 58.3 Å². The highest BCUT2D eigenvalue weighted by atomic mass is 16.5. The van der Waals surface area contributed by atoms with Gasteiger partial charge in [-0.15, -0.1) is 0 Å². The summed E-state index contributed by atoms with van der Waals surface area (Å²) in [5, 5.41) is 14.3. The third kappa shape index (κ3) is 4.93. The predicted octanol–water partition coefficient (Wildman–Crippen LogP) is 4.81. The Bertz CT molecular complexity index is 768. The number of benzene rings is 1. The van der Waals surface area contributed by atoms with Gasteiger partial charge in [0.25, 0.3) is 5.56 Å². The fourth-order valence-electron chi connectivity index (χ4n) is 3.28. The molecule has 1 heterocycles. The largest absolute Gasteiger partial charge is 0.504 e. The highest BCUT2D eigenvalue weighted by Crippen LogP contribution is 2.32. The Kier molecular flexibility index (Phi) is 7.82. The lowest BCUT2D eigenvalue weighted by molar-refractivity contribution is 0.368. The molecule has 1 aromatic carbocycles. The number of aromatic nitrogens is 1. The number of nitrogens with zero attached hydrogens (tertiary/aromatic N) is 1. The van der Waals surface area contributed by atoms with E-state index in [2.05, 4.69) is 12.2 Å². The molecule has 2 rings (SSSR count). The number of hydrogen-bond acceptors (Lipinski definition) is 4. The van der Waals surface area contributed by atoms with Crippen molar-refractivity contribution in [1.82, 2.24) is 4.57 Å². The second-order valence-corrected chi connectivity index (χ2v) is 6.88. The van der Waals surface area contributed by atoms with E-state index in [1.807, 2.05) is 18.2 Å². The summed E-state index contributed by atoms with van der Waals surface area (Å²) in [6.45, 7) is 3.16. The van der Waals surface area contributed by atoms with Crippen molar-refractivity contribution in [3.63, 3.8) is 0 Å². The summed E-state index contributed by atoms with van der Waals surface area (Å²) >= 11 is 0. The molecule has 26 heavy (non-hydrogen) atoms. The summed E-state index contributed by atoms with van der Waals surface area (Å²) in [6.07, 6.45) is 10.4. The molecule has 5 nitrogen and oxygen atoms in total. The maximum Gasteiger partial charge on any atom is 0.297 e. The highest BCUT2D eigenvalue weighted by Gasteiger charge is 2.15. The van der Waals surface area contributed by atoms with E-state index in [1.165, 1.54) is 56.6 Å². The zero-order valence-corrected chi connectivity index (χ0v) is 16.3. The number of aromatic hydroxyl groups is 1. The zero-order chi connectivity index (χ0) is 18.9. The van der Waals surface area contributed by atoms with Gasteiger partial charge in [0, 0.05) is 24.7 Å². The molecule has 0 atom stereocenters. The van der Waals surface area contributed by atoms with Gasteiger partial charge in [-0.1, -0.05) is 51.9 Å². The molecule has 0 aliphatic rings. The maximum absolute atomic E-state index is 12.2. The minimum Gasteiger partial charge on any atom is -0.504 e. The molecule has 1 aromatic heterocycles. The van der Waals surface area contributed by atoms with Crippen molar-refractivity contribution in [3.8, 4) is 11.5 Å². The molecule has 2 aromatic rings. The number of rotatable bonds is 11. The lowest BCUT2D eigenvalue weighted by atomic mass is 10.1. The molecule has 0 aliphatic carbocycles. The third-order valence-electron chi connectivity index (χ3n) is 4.89. The minimum atomic E-state index is -0.335. The smallest absolute Gasteiger partial charge is 0.297 e. The summed E-state index contributed by atoms with van der Waals surface area (Å²) in [5.74, 6) is -0.111. The van der Waals surface area contributed by atoms with Crippen LogP contribution >= 0.6 is 0 Å². The van der Waals surface area contributed by atoms with Gasteiger partial charge in [0.15, 0.2) is 5.75 Å². The van der Waals surface area contributed by atoms with Crippen LogP contribution in [0.4, 0.5) is 5.69 Å². The lowest BCUT2D eigenvalue weighted by Gasteiger charge is -2.13. The monoisotopic (exact) mass is 360 g/mol. The van der Waals surface area contributed by atoms with Crippen LogP contribution < -0.4 is 15.6 Å². The molecule has 2 N–H and O–H groups in total. The van der Waals surface area contributed by atoms with Gasteiger partial charge >= 0.3 is 0 Å². The number of aryl methyl sites for hydroxylation is 1. The number of unbranched alkanes of at least 4 members (excludes halogenated alkanes) is 7. The Morgan fingerprint density at radius 2 is 1.73 bits per heavy atom. The molecule has 0 saturated carbocycles. The van der Waals surface area contributed by atoms with Crippen molar-refractivity contribution < 1.29 is 9.84 Å². The first-order chi connectivity index (χ1) is 12.6. The van der Waals surface area contributed by atoms with Crippen LogP contribution in [0.1, 0.15) is 58.3 Å². The second kappa shape index (κ2) is 10.1. The second-order valence-electron chi connectivity index (χ2n) is 6.88. The number of nitrogens with one attached hydrogen (secondary N) is 1. The number of fused-ring (bicyclic) bond motifs is 1. The summed E-state index contributed by atoms with van der Waals surface area (Å²) in [5.41, 5.74) is 1.31. The summed E-state index contributed by atoms with van der Waals surface area (Å²) < 4.78 is 6.54. The van der Waals surface area contributed by atoms with Gasteiger partial charge in [-0.05, 0) is 24.6 Å². The van der Waals surface area contributed by atoms with E-state index in [4.69, 9.17) is 4.74 Å². The molecule has 0 saturated heterocycles. The molecule has 5 heteroatoms. The molecule has 0 unspecified atom stereocenters. The van der Waals surface area contributed by atoms with Crippen LogP contribution in [0.5, 0.6) is 11.5 Å². The third-order valence-corrected chi connectivity index (χ3v) is 4.89. The van der Waals surface area contributed by atoms with E-state index in [0.29, 0.717) is 10.9 Å². The van der Waals surface area contributed by atoms with Crippen LogP contribution in [0.3, 0.4) is 0 Å². The first kappa shape index (κ1) is 20.1. The molecule has 0 aliphatic heterocycles. The van der Waals surface area contributed by atoms with Crippen LogP contribution in [-0.2, 0) is 7.05 Å². The molecule has 0 fully saturated rings. The zero-order valence-electron chi connectivity index (χ0n) is 16.3. The highest BCUT2D eigenvalue weighted by molar-refractivity contribution is 5.89. The van der Waals surface area contributed by atoms with Crippen LogP contribution in [0.2, 0.25) is 0 Å². The molecule has 0 spiro atoms. The van der Waals surface area contributed by atoms with Gasteiger partial charge in [-0.25, -0.2) is 0 Å². The van der Waals surface area contributed by atoms with Crippen molar-refractivity contribution in [1.29, 1.82) is 0 Å². The van der Waals surface area contributed by atoms with Crippen LogP contribution in [-0.4, -0.2) is 23.3 Å². The Morgan fingerprint density at radius 3 is 2.38 bits per heavy atom. The van der Waals surface area contributed by atoms with E-state index in [9.17, 15) is 9.90 Å². The molecule has 0 bridgehead atoms. The summed E-state index contributed by atoms with van der Waals surface area (Å²) in [4.78, 5) is 12.2. The van der Waals surface area contributed by atoms with Crippen molar-refractivity contribution in [2.24, 2.45) is 7.05 Å². The van der Waals surface area contributed by atoms with E-state index in [1.54, 1.807) is 7.05 Å². The van der Waals surface area contributed by atoms with Crippen molar-refractivity contribution >= 4 is 16.6 Å². The first-order valence-corrected chi connectivity index (χ1v) is 9.73. The first-order valence-electron chi connectivity index (χ1n) is 9.73. The van der Waals surface area contributed by atoms with Gasteiger partial charge in [0.2, 0.25) is 5.75 Å². The molecular formula is C21H32N2O3. The number of anilines is 1.